The number of benzene rings is 3. The minimum atomic E-state index is 0.790. The first kappa shape index (κ1) is 40.7. The molecule has 0 aromatic heterocycles. The third-order valence-corrected chi connectivity index (χ3v) is 10.0. The Morgan fingerprint density at radius 1 is 0.679 bits per heavy atom. The molecule has 3 aromatic carbocycles. The van der Waals surface area contributed by atoms with Crippen molar-refractivity contribution in [3.8, 4) is 0 Å². The molecule has 56 heavy (non-hydrogen) atoms. The largest absolute Gasteiger partial charge is 0.0991 e. The number of hydrogen-bond donors (Lipinski definition) is 0. The van der Waals surface area contributed by atoms with Crippen molar-refractivity contribution >= 4 is 35.5 Å². The van der Waals surface area contributed by atoms with Gasteiger partial charge in [0.15, 0.2) is 0 Å². The Morgan fingerprint density at radius 2 is 1.27 bits per heavy atom. The highest BCUT2D eigenvalue weighted by Gasteiger charge is 2.18. The van der Waals surface area contributed by atoms with Crippen molar-refractivity contribution < 1.29 is 0 Å². The summed E-state index contributed by atoms with van der Waals surface area (Å²) in [5.74, 6) is 0. The van der Waals surface area contributed by atoms with E-state index in [2.05, 4.69) is 205 Å². The van der Waals surface area contributed by atoms with Crippen molar-refractivity contribution in [2.45, 2.75) is 40.5 Å². The lowest BCUT2D eigenvalue weighted by atomic mass is 9.85. The Labute approximate surface area is 336 Å². The van der Waals surface area contributed by atoms with Gasteiger partial charge in [-0.1, -0.05) is 196 Å². The molecule has 0 N–H and O–H groups in total. The molecule has 0 fully saturated rings. The molecule has 0 aliphatic heterocycles. The van der Waals surface area contributed by atoms with Gasteiger partial charge >= 0.3 is 0 Å². The van der Waals surface area contributed by atoms with Gasteiger partial charge < -0.3 is 0 Å². The molecule has 0 atom stereocenters. The number of hydrogen-bond acceptors (Lipinski definition) is 0. The van der Waals surface area contributed by atoms with Gasteiger partial charge in [-0.2, -0.15) is 0 Å². The lowest BCUT2D eigenvalue weighted by molar-refractivity contribution is 1.30. The third kappa shape index (κ3) is 9.97. The van der Waals surface area contributed by atoms with Crippen molar-refractivity contribution in [3.63, 3.8) is 0 Å². The molecule has 0 amide bonds. The molecule has 0 unspecified atom stereocenters. The van der Waals surface area contributed by atoms with Gasteiger partial charge in [0.1, 0.15) is 0 Å². The highest BCUT2D eigenvalue weighted by atomic mass is 14.2. The van der Waals surface area contributed by atoms with E-state index in [0.717, 1.165) is 45.6 Å². The molecule has 0 bridgehead atoms. The molecule has 2 aliphatic carbocycles. The predicted octanol–water partition coefficient (Wildman–Crippen LogP) is 13.8. The summed E-state index contributed by atoms with van der Waals surface area (Å²) in [7, 11) is 0. The SMILES string of the molecule is C=C\C=C/C=C(C)/C(=C/C1=CCC=C(c2c(C)c(/C=C\C)c(C3=CCC=C(C=C(c4ccccc4)c4ccccc4)C=C3)/c(=C/C=C\C)c2=C)C=C1)C(=C)C=C. The molecule has 0 saturated carbocycles. The average molecular weight is 727 g/mol. The molecule has 2 aliphatic rings. The van der Waals surface area contributed by atoms with Gasteiger partial charge in [0.05, 0.1) is 0 Å². The van der Waals surface area contributed by atoms with Gasteiger partial charge in [-0.15, -0.1) is 0 Å². The van der Waals surface area contributed by atoms with E-state index >= 15 is 0 Å². The van der Waals surface area contributed by atoms with Gasteiger partial charge in [-0.3, -0.25) is 0 Å². The summed E-state index contributed by atoms with van der Waals surface area (Å²) >= 11 is 0. The summed E-state index contributed by atoms with van der Waals surface area (Å²) in [4.78, 5) is 0. The van der Waals surface area contributed by atoms with E-state index in [9.17, 15) is 0 Å². The Balaban J connectivity index is 1.59. The second-order valence-corrected chi connectivity index (χ2v) is 13.8. The lowest BCUT2D eigenvalue weighted by Crippen LogP contribution is -2.33. The summed E-state index contributed by atoms with van der Waals surface area (Å²) < 4.78 is 0. The average Bonchev–Trinajstić information content (AvgIpc) is 3.60. The van der Waals surface area contributed by atoms with Crippen LogP contribution in [0.25, 0.3) is 35.5 Å². The van der Waals surface area contributed by atoms with Crippen LogP contribution in [0.4, 0.5) is 0 Å². The van der Waals surface area contributed by atoms with E-state index in [1.54, 1.807) is 6.08 Å². The van der Waals surface area contributed by atoms with Crippen LogP contribution in [0.1, 0.15) is 67.0 Å². The third-order valence-electron chi connectivity index (χ3n) is 10.0. The molecule has 3 aromatic rings. The summed E-state index contributed by atoms with van der Waals surface area (Å²) in [5, 5.41) is 2.15. The lowest BCUT2D eigenvalue weighted by Gasteiger charge is -2.19. The summed E-state index contributed by atoms with van der Waals surface area (Å²) in [6.45, 7) is 25.4. The fraction of sp³-hybridized carbons (Fsp3) is 0.107. The van der Waals surface area contributed by atoms with Crippen LogP contribution >= 0.6 is 0 Å². The standard InChI is InChI=1S/C56H54/c1-9-13-17-25-42(6)53(41(5)12-4)39-45-26-22-32-49(37-35-45)55-43(7)51(24-11-3)56(52(44(55)8)34-14-10-2)50-33-23-27-46(36-38-50)40-54(47-28-18-15-19-29-47)48-30-20-16-21-31-48/h9-21,24-40H,1,4-5,8,22-23H2,2-3,6-7H3/b14-10-,17-13-,24-11-,42-25+,52-34+,53-39+. The Kier molecular flexibility index (Phi) is 14.7. The van der Waals surface area contributed by atoms with Crippen LogP contribution in [0, 0.1) is 6.92 Å². The van der Waals surface area contributed by atoms with Crippen LogP contribution in [0.2, 0.25) is 0 Å². The molecular weight excluding hydrogens is 673 g/mol. The van der Waals surface area contributed by atoms with E-state index in [4.69, 9.17) is 6.58 Å². The van der Waals surface area contributed by atoms with E-state index < -0.39 is 0 Å². The van der Waals surface area contributed by atoms with E-state index in [0.29, 0.717) is 0 Å². The summed E-state index contributed by atoms with van der Waals surface area (Å²) in [5.41, 5.74) is 16.1. The minimum absolute atomic E-state index is 0.790. The molecule has 0 spiro atoms. The van der Waals surface area contributed by atoms with Crippen molar-refractivity contribution in [1.29, 1.82) is 0 Å². The quantitative estimate of drug-likeness (QED) is 0.154. The molecule has 0 nitrogen and oxygen atoms in total. The van der Waals surface area contributed by atoms with E-state index in [1.165, 1.54) is 55.7 Å². The Bertz CT molecular complexity index is 2420. The fourth-order valence-corrected chi connectivity index (χ4v) is 7.15. The maximum absolute atomic E-state index is 4.79. The van der Waals surface area contributed by atoms with Crippen molar-refractivity contribution in [3.05, 3.63) is 261 Å². The van der Waals surface area contributed by atoms with E-state index in [1.807, 2.05) is 18.2 Å². The Hall–Kier alpha value is -6.50. The first-order valence-electron chi connectivity index (χ1n) is 19.4. The first-order chi connectivity index (χ1) is 27.3. The zero-order valence-corrected chi connectivity index (χ0v) is 33.6. The molecule has 278 valence electrons. The van der Waals surface area contributed by atoms with Crippen LogP contribution in [-0.4, -0.2) is 0 Å². The molecule has 0 radical (unpaired) electrons. The molecule has 0 saturated heterocycles. The van der Waals surface area contributed by atoms with Gasteiger partial charge in [-0.25, -0.2) is 0 Å². The maximum atomic E-state index is 4.79. The van der Waals surface area contributed by atoms with Crippen LogP contribution in [-0.2, 0) is 0 Å². The highest BCUT2D eigenvalue weighted by molar-refractivity contribution is 5.89. The van der Waals surface area contributed by atoms with Gasteiger partial charge in [0.2, 0.25) is 0 Å². The minimum Gasteiger partial charge on any atom is -0.0991 e. The topological polar surface area (TPSA) is 0 Å². The maximum Gasteiger partial charge on any atom is -0.00332 e. The monoisotopic (exact) mass is 726 g/mol. The second-order valence-electron chi connectivity index (χ2n) is 13.8. The summed E-state index contributed by atoms with van der Waals surface area (Å²) in [6.07, 6.45) is 44.8. The zero-order valence-electron chi connectivity index (χ0n) is 33.6. The normalized spacial score (nSPS) is 15.3. The fourth-order valence-electron chi connectivity index (χ4n) is 7.15. The van der Waals surface area contributed by atoms with Crippen molar-refractivity contribution in [2.24, 2.45) is 0 Å². The summed E-state index contributed by atoms with van der Waals surface area (Å²) in [6, 6.07) is 21.3. The molecular formula is C56H54. The highest BCUT2D eigenvalue weighted by Crippen LogP contribution is 2.32. The predicted molar refractivity (Wildman–Crippen MR) is 250 cm³/mol. The van der Waals surface area contributed by atoms with E-state index in [-0.39, 0.29) is 0 Å². The van der Waals surface area contributed by atoms with Crippen molar-refractivity contribution in [2.75, 3.05) is 0 Å². The van der Waals surface area contributed by atoms with Gasteiger partial charge in [0, 0.05) is 0 Å². The Morgan fingerprint density at radius 3 is 1.82 bits per heavy atom. The second kappa shape index (κ2) is 20.3. The molecule has 5 rings (SSSR count). The smallest absolute Gasteiger partial charge is 0.00332 e. The van der Waals surface area contributed by atoms with Crippen LogP contribution in [0.5, 0.6) is 0 Å². The number of rotatable bonds is 13. The van der Waals surface area contributed by atoms with Crippen molar-refractivity contribution in [1.82, 2.24) is 0 Å². The number of allylic oxidation sites excluding steroid dienone is 25. The van der Waals surface area contributed by atoms with Gasteiger partial charge in [-0.05, 0) is 141 Å². The molecule has 0 heteroatoms. The zero-order chi connectivity index (χ0) is 39.9. The molecule has 0 heterocycles. The van der Waals surface area contributed by atoms with Crippen LogP contribution in [0.3, 0.4) is 0 Å². The first-order valence-corrected chi connectivity index (χ1v) is 19.4. The van der Waals surface area contributed by atoms with Crippen LogP contribution < -0.4 is 10.4 Å². The van der Waals surface area contributed by atoms with Crippen LogP contribution in [0.15, 0.2) is 218 Å². The van der Waals surface area contributed by atoms with Gasteiger partial charge in [0.25, 0.3) is 0 Å².